The van der Waals surface area contributed by atoms with E-state index in [9.17, 15) is 0 Å². The summed E-state index contributed by atoms with van der Waals surface area (Å²) in [5.74, 6) is 0. The van der Waals surface area contributed by atoms with E-state index in [1.807, 2.05) is 29.6 Å². The van der Waals surface area contributed by atoms with Gasteiger partial charge in [-0.2, -0.15) is 0 Å². The average Bonchev–Trinajstić information content (AvgIpc) is 2.70. The molecule has 2 nitrogen and oxygen atoms in total. The summed E-state index contributed by atoms with van der Waals surface area (Å²) < 4.78 is 0. The van der Waals surface area contributed by atoms with Crippen LogP contribution in [0.1, 0.15) is 17.3 Å². The summed E-state index contributed by atoms with van der Waals surface area (Å²) >= 11 is 7.57. The molecule has 0 aliphatic heterocycles. The Hall–Kier alpha value is -0.900. The lowest BCUT2D eigenvalue weighted by atomic mass is 10.1. The Morgan fingerprint density at radius 1 is 1.36 bits per heavy atom. The van der Waals surface area contributed by atoms with Crippen LogP contribution in [-0.2, 0) is 0 Å². The Morgan fingerprint density at radius 2 is 2.14 bits per heavy atom. The minimum atomic E-state index is -0.227. The maximum absolute atomic E-state index is 6.03. The number of aromatic nitrogens is 1. The first-order valence-electron chi connectivity index (χ1n) is 4.17. The first-order chi connectivity index (χ1) is 6.79. The predicted octanol–water partition coefficient (Wildman–Crippen LogP) is 2.84. The van der Waals surface area contributed by atoms with Crippen LogP contribution in [0.5, 0.6) is 0 Å². The molecule has 2 N–H and O–H groups in total. The van der Waals surface area contributed by atoms with Crippen LogP contribution in [0.3, 0.4) is 0 Å². The molecule has 1 heterocycles. The molecule has 4 heteroatoms. The van der Waals surface area contributed by atoms with Crippen molar-refractivity contribution in [2.75, 3.05) is 0 Å². The highest BCUT2D eigenvalue weighted by molar-refractivity contribution is 7.07. The molecule has 0 saturated carbocycles. The zero-order valence-electron chi connectivity index (χ0n) is 7.35. The van der Waals surface area contributed by atoms with Gasteiger partial charge in [-0.05, 0) is 11.6 Å². The molecule has 0 spiro atoms. The lowest BCUT2D eigenvalue weighted by molar-refractivity contribution is 0.839. The highest BCUT2D eigenvalue weighted by Gasteiger charge is 2.12. The molecule has 2 aromatic rings. The number of thiazole rings is 1. The Bertz CT molecular complexity index is 414. The third-order valence-electron chi connectivity index (χ3n) is 2.01. The number of hydrogen-bond donors (Lipinski definition) is 1. The van der Waals surface area contributed by atoms with Crippen molar-refractivity contribution in [2.45, 2.75) is 6.04 Å². The summed E-state index contributed by atoms with van der Waals surface area (Å²) in [6.07, 6.45) is 0. The van der Waals surface area contributed by atoms with Crippen molar-refractivity contribution in [2.24, 2.45) is 5.73 Å². The second-order valence-corrected chi connectivity index (χ2v) is 4.04. The molecule has 0 bridgehead atoms. The van der Waals surface area contributed by atoms with Crippen LogP contribution in [0, 0.1) is 0 Å². The normalized spacial score (nSPS) is 12.7. The van der Waals surface area contributed by atoms with Crippen LogP contribution < -0.4 is 5.73 Å². The average molecular weight is 225 g/mol. The number of hydrogen-bond acceptors (Lipinski definition) is 3. The predicted molar refractivity (Wildman–Crippen MR) is 59.6 cm³/mol. The Kier molecular flexibility index (Phi) is 2.82. The summed E-state index contributed by atoms with van der Waals surface area (Å²) in [6.45, 7) is 0. The van der Waals surface area contributed by atoms with E-state index in [1.165, 1.54) is 11.3 Å². The second kappa shape index (κ2) is 4.09. The van der Waals surface area contributed by atoms with Crippen molar-refractivity contribution in [1.29, 1.82) is 0 Å². The van der Waals surface area contributed by atoms with Crippen LogP contribution in [0.2, 0.25) is 5.02 Å². The number of benzene rings is 1. The molecule has 0 aliphatic carbocycles. The van der Waals surface area contributed by atoms with Gasteiger partial charge in [0.05, 0.1) is 17.2 Å². The summed E-state index contributed by atoms with van der Waals surface area (Å²) in [4.78, 5) is 4.17. The molecule has 1 aromatic carbocycles. The highest BCUT2D eigenvalue weighted by Crippen LogP contribution is 2.25. The molecule has 2 rings (SSSR count). The van der Waals surface area contributed by atoms with Gasteiger partial charge in [0.1, 0.15) is 0 Å². The van der Waals surface area contributed by atoms with Crippen LogP contribution in [0.4, 0.5) is 0 Å². The van der Waals surface area contributed by atoms with Gasteiger partial charge in [0.25, 0.3) is 0 Å². The van der Waals surface area contributed by atoms with Gasteiger partial charge in [-0.3, -0.25) is 0 Å². The van der Waals surface area contributed by atoms with E-state index in [1.54, 1.807) is 5.51 Å². The van der Waals surface area contributed by atoms with Gasteiger partial charge in [0.15, 0.2) is 0 Å². The van der Waals surface area contributed by atoms with Crippen LogP contribution in [0.15, 0.2) is 35.2 Å². The van der Waals surface area contributed by atoms with Gasteiger partial charge >= 0.3 is 0 Å². The largest absolute Gasteiger partial charge is 0.319 e. The monoisotopic (exact) mass is 224 g/mol. The smallest absolute Gasteiger partial charge is 0.0795 e. The van der Waals surface area contributed by atoms with Crippen LogP contribution in [0.25, 0.3) is 0 Å². The van der Waals surface area contributed by atoms with Crippen molar-refractivity contribution in [3.63, 3.8) is 0 Å². The van der Waals surface area contributed by atoms with Gasteiger partial charge in [0.2, 0.25) is 0 Å². The van der Waals surface area contributed by atoms with E-state index in [0.717, 1.165) is 11.3 Å². The van der Waals surface area contributed by atoms with E-state index in [4.69, 9.17) is 17.3 Å². The number of rotatable bonds is 2. The van der Waals surface area contributed by atoms with Crippen LogP contribution in [-0.4, -0.2) is 4.98 Å². The minimum Gasteiger partial charge on any atom is -0.319 e. The van der Waals surface area contributed by atoms with Gasteiger partial charge in [-0.15, -0.1) is 11.3 Å². The molecule has 14 heavy (non-hydrogen) atoms. The fourth-order valence-corrected chi connectivity index (χ4v) is 2.11. The Labute approximate surface area is 91.4 Å². The molecule has 0 aliphatic rings. The molecule has 72 valence electrons. The molecule has 1 atom stereocenters. The topological polar surface area (TPSA) is 38.9 Å². The molecule has 0 radical (unpaired) electrons. The maximum atomic E-state index is 6.03. The molecular formula is C10H9ClN2S. The summed E-state index contributed by atoms with van der Waals surface area (Å²) in [7, 11) is 0. The minimum absolute atomic E-state index is 0.227. The number of nitrogens with zero attached hydrogens (tertiary/aromatic N) is 1. The fraction of sp³-hybridized carbons (Fsp3) is 0.100. The van der Waals surface area contributed by atoms with Crippen molar-refractivity contribution in [1.82, 2.24) is 4.98 Å². The first-order valence-corrected chi connectivity index (χ1v) is 5.49. The standard InChI is InChI=1S/C10H9ClN2S/c11-8-4-2-1-3-7(8)10(12)9-5-14-6-13-9/h1-6,10H,12H2. The van der Waals surface area contributed by atoms with Gasteiger partial charge in [-0.25, -0.2) is 4.98 Å². The molecule has 1 unspecified atom stereocenters. The van der Waals surface area contributed by atoms with Crippen molar-refractivity contribution in [3.05, 3.63) is 51.4 Å². The Balaban J connectivity index is 2.37. The van der Waals surface area contributed by atoms with Crippen LogP contribution >= 0.6 is 22.9 Å². The molecule has 0 saturated heterocycles. The molecule has 1 aromatic heterocycles. The van der Waals surface area contributed by atoms with Gasteiger partial charge < -0.3 is 5.73 Å². The molecule has 0 amide bonds. The zero-order valence-corrected chi connectivity index (χ0v) is 8.92. The first kappa shape index (κ1) is 9.65. The molecule has 0 fully saturated rings. The van der Waals surface area contributed by atoms with E-state index >= 15 is 0 Å². The molecular weight excluding hydrogens is 216 g/mol. The van der Waals surface area contributed by atoms with E-state index in [0.29, 0.717) is 5.02 Å². The highest BCUT2D eigenvalue weighted by atomic mass is 35.5. The van der Waals surface area contributed by atoms with E-state index < -0.39 is 0 Å². The van der Waals surface area contributed by atoms with Gasteiger partial charge in [0, 0.05) is 10.4 Å². The maximum Gasteiger partial charge on any atom is 0.0795 e. The van der Waals surface area contributed by atoms with Gasteiger partial charge in [-0.1, -0.05) is 29.8 Å². The third-order valence-corrected chi connectivity index (χ3v) is 2.96. The second-order valence-electron chi connectivity index (χ2n) is 2.91. The number of halogens is 1. The van der Waals surface area contributed by atoms with E-state index in [-0.39, 0.29) is 6.04 Å². The summed E-state index contributed by atoms with van der Waals surface area (Å²) in [5, 5.41) is 2.63. The third kappa shape index (κ3) is 1.80. The number of nitrogens with two attached hydrogens (primary N) is 1. The lowest BCUT2D eigenvalue weighted by Crippen LogP contribution is -2.12. The quantitative estimate of drug-likeness (QED) is 0.852. The van der Waals surface area contributed by atoms with E-state index in [2.05, 4.69) is 4.98 Å². The van der Waals surface area contributed by atoms with Crippen molar-refractivity contribution in [3.8, 4) is 0 Å². The fourth-order valence-electron chi connectivity index (χ4n) is 1.26. The SMILES string of the molecule is NC(c1cscn1)c1ccccc1Cl. The summed E-state index contributed by atoms with van der Waals surface area (Å²) in [5.41, 5.74) is 9.57. The zero-order chi connectivity index (χ0) is 9.97. The Morgan fingerprint density at radius 3 is 2.79 bits per heavy atom. The van der Waals surface area contributed by atoms with Crippen molar-refractivity contribution >= 4 is 22.9 Å². The van der Waals surface area contributed by atoms with Crippen molar-refractivity contribution < 1.29 is 0 Å². The summed E-state index contributed by atoms with van der Waals surface area (Å²) in [6, 6.07) is 7.35. The lowest BCUT2D eigenvalue weighted by Gasteiger charge is -2.10.